The maximum atomic E-state index is 12.7. The SMILES string of the molecule is O=C1Cc2cc(Br)cnc2C12CCC(N1CCOCC1)CC2. The third kappa shape index (κ3) is 2.34. The van der Waals surface area contributed by atoms with Crippen LogP contribution in [0.4, 0.5) is 0 Å². The molecule has 3 aliphatic rings. The summed E-state index contributed by atoms with van der Waals surface area (Å²) in [6.07, 6.45) is 6.51. The second-order valence-corrected chi connectivity index (χ2v) is 7.64. The van der Waals surface area contributed by atoms with Crippen LogP contribution in [-0.4, -0.2) is 48.0 Å². The fraction of sp³-hybridized carbons (Fsp3) is 0.647. The minimum atomic E-state index is -0.293. The average Bonchev–Trinajstić information content (AvgIpc) is 2.80. The third-order valence-electron chi connectivity index (χ3n) is 5.64. The lowest BCUT2D eigenvalue weighted by molar-refractivity contribution is -0.124. The van der Waals surface area contributed by atoms with Crippen LogP contribution in [0, 0.1) is 0 Å². The average molecular weight is 365 g/mol. The molecule has 0 N–H and O–H groups in total. The lowest BCUT2D eigenvalue weighted by Gasteiger charge is -2.42. The molecule has 1 aromatic rings. The van der Waals surface area contributed by atoms with Gasteiger partial charge in [-0.05, 0) is 53.2 Å². The first-order valence-electron chi connectivity index (χ1n) is 8.19. The molecule has 1 saturated carbocycles. The summed E-state index contributed by atoms with van der Waals surface area (Å²) in [6.45, 7) is 3.76. The highest BCUT2D eigenvalue weighted by Crippen LogP contribution is 2.46. The van der Waals surface area contributed by atoms with Gasteiger partial charge in [0.05, 0.1) is 24.3 Å². The van der Waals surface area contributed by atoms with Crippen LogP contribution in [0.1, 0.15) is 36.9 Å². The number of pyridine rings is 1. The Bertz CT molecular complexity index is 590. The van der Waals surface area contributed by atoms with Crippen LogP contribution in [-0.2, 0) is 21.4 Å². The molecule has 0 bridgehead atoms. The molecule has 22 heavy (non-hydrogen) atoms. The summed E-state index contributed by atoms with van der Waals surface area (Å²) >= 11 is 3.47. The van der Waals surface area contributed by atoms with Crippen molar-refractivity contribution in [2.75, 3.05) is 26.3 Å². The van der Waals surface area contributed by atoms with Crippen molar-refractivity contribution >= 4 is 21.7 Å². The number of ketones is 1. The lowest BCUT2D eigenvalue weighted by atomic mass is 9.69. The number of Topliss-reactive ketones (excluding diaryl/α,β-unsaturated/α-hetero) is 1. The van der Waals surface area contributed by atoms with Gasteiger partial charge in [-0.3, -0.25) is 14.7 Å². The standard InChI is InChI=1S/C17H21BrN2O2/c18-13-9-12-10-15(21)17(16(12)19-11-13)3-1-14(2-4-17)20-5-7-22-8-6-20/h9,11,14H,1-8,10H2. The number of ether oxygens (including phenoxy) is 1. The zero-order valence-electron chi connectivity index (χ0n) is 12.7. The summed E-state index contributed by atoms with van der Waals surface area (Å²) in [4.78, 5) is 19.9. The molecule has 2 fully saturated rings. The molecule has 0 aromatic carbocycles. The zero-order chi connectivity index (χ0) is 15.2. The van der Waals surface area contributed by atoms with Crippen LogP contribution in [0.5, 0.6) is 0 Å². The van der Waals surface area contributed by atoms with E-state index in [0.717, 1.165) is 67.7 Å². The zero-order valence-corrected chi connectivity index (χ0v) is 14.3. The molecule has 5 heteroatoms. The first kappa shape index (κ1) is 14.8. The van der Waals surface area contributed by atoms with E-state index >= 15 is 0 Å². The predicted octanol–water partition coefficient (Wildman–Crippen LogP) is 2.48. The van der Waals surface area contributed by atoms with E-state index < -0.39 is 0 Å². The van der Waals surface area contributed by atoms with Gasteiger partial charge in [-0.2, -0.15) is 0 Å². The fourth-order valence-electron chi connectivity index (χ4n) is 4.44. The van der Waals surface area contributed by atoms with E-state index in [4.69, 9.17) is 4.74 Å². The van der Waals surface area contributed by atoms with Gasteiger partial charge in [0.25, 0.3) is 0 Å². The smallest absolute Gasteiger partial charge is 0.149 e. The molecule has 1 spiro atoms. The highest BCUT2D eigenvalue weighted by atomic mass is 79.9. The second kappa shape index (κ2) is 5.69. The molecule has 0 radical (unpaired) electrons. The van der Waals surface area contributed by atoms with E-state index in [1.165, 1.54) is 0 Å². The quantitative estimate of drug-likeness (QED) is 0.767. The Labute approximate surface area is 139 Å². The van der Waals surface area contributed by atoms with Crippen LogP contribution >= 0.6 is 15.9 Å². The summed E-state index contributed by atoms with van der Waals surface area (Å²) in [5, 5.41) is 0. The Kier molecular flexibility index (Phi) is 3.83. The molecule has 1 aliphatic heterocycles. The van der Waals surface area contributed by atoms with Crippen molar-refractivity contribution in [1.29, 1.82) is 0 Å². The molecule has 2 heterocycles. The minimum absolute atomic E-state index is 0.293. The van der Waals surface area contributed by atoms with Crippen LogP contribution in [0.25, 0.3) is 0 Å². The molecular weight excluding hydrogens is 344 g/mol. The highest BCUT2D eigenvalue weighted by Gasteiger charge is 2.49. The Morgan fingerprint density at radius 2 is 2.00 bits per heavy atom. The molecule has 0 atom stereocenters. The van der Waals surface area contributed by atoms with Gasteiger partial charge >= 0.3 is 0 Å². The number of halogens is 1. The number of rotatable bonds is 1. The van der Waals surface area contributed by atoms with E-state index in [1.807, 2.05) is 6.20 Å². The van der Waals surface area contributed by atoms with Gasteiger partial charge < -0.3 is 4.74 Å². The number of fused-ring (bicyclic) bond motifs is 2. The summed E-state index contributed by atoms with van der Waals surface area (Å²) in [7, 11) is 0. The van der Waals surface area contributed by atoms with E-state index in [9.17, 15) is 4.79 Å². The van der Waals surface area contributed by atoms with Gasteiger partial charge in [-0.1, -0.05) is 0 Å². The number of morpholine rings is 1. The van der Waals surface area contributed by atoms with Gasteiger partial charge in [-0.15, -0.1) is 0 Å². The number of hydrogen-bond acceptors (Lipinski definition) is 4. The van der Waals surface area contributed by atoms with E-state index in [-0.39, 0.29) is 5.41 Å². The number of hydrogen-bond donors (Lipinski definition) is 0. The van der Waals surface area contributed by atoms with Crippen LogP contribution < -0.4 is 0 Å². The second-order valence-electron chi connectivity index (χ2n) is 6.72. The van der Waals surface area contributed by atoms with Crippen LogP contribution in [0.3, 0.4) is 0 Å². The molecule has 1 saturated heterocycles. The molecule has 0 unspecified atom stereocenters. The molecule has 4 nitrogen and oxygen atoms in total. The Balaban J connectivity index is 1.54. The molecule has 0 amide bonds. The lowest BCUT2D eigenvalue weighted by Crippen LogP contribution is -2.48. The number of carbonyl (C=O) groups is 1. The van der Waals surface area contributed by atoms with Gasteiger partial charge in [-0.25, -0.2) is 0 Å². The van der Waals surface area contributed by atoms with Crippen molar-refractivity contribution < 1.29 is 9.53 Å². The van der Waals surface area contributed by atoms with E-state index in [0.29, 0.717) is 18.2 Å². The first-order chi connectivity index (χ1) is 10.7. The van der Waals surface area contributed by atoms with Gasteiger partial charge in [0.2, 0.25) is 0 Å². The maximum absolute atomic E-state index is 12.7. The van der Waals surface area contributed by atoms with Crippen molar-refractivity contribution in [3.8, 4) is 0 Å². The predicted molar refractivity (Wildman–Crippen MR) is 87.0 cm³/mol. The first-order valence-corrected chi connectivity index (χ1v) is 8.98. The normalized spacial score (nSPS) is 32.4. The summed E-state index contributed by atoms with van der Waals surface area (Å²) in [5.74, 6) is 0.383. The van der Waals surface area contributed by atoms with Crippen LogP contribution in [0.15, 0.2) is 16.7 Å². The van der Waals surface area contributed by atoms with Crippen molar-refractivity contribution in [3.63, 3.8) is 0 Å². The Morgan fingerprint density at radius 1 is 1.27 bits per heavy atom. The summed E-state index contributed by atoms with van der Waals surface area (Å²) < 4.78 is 6.42. The molecule has 1 aromatic heterocycles. The van der Waals surface area contributed by atoms with E-state index in [1.54, 1.807) is 0 Å². The summed E-state index contributed by atoms with van der Waals surface area (Å²) in [5.41, 5.74) is 1.89. The van der Waals surface area contributed by atoms with E-state index in [2.05, 4.69) is 31.9 Å². The highest BCUT2D eigenvalue weighted by molar-refractivity contribution is 9.10. The van der Waals surface area contributed by atoms with Crippen LogP contribution in [0.2, 0.25) is 0 Å². The number of nitrogens with zero attached hydrogens (tertiary/aromatic N) is 2. The topological polar surface area (TPSA) is 42.4 Å². The Morgan fingerprint density at radius 3 is 2.73 bits per heavy atom. The summed E-state index contributed by atoms with van der Waals surface area (Å²) in [6, 6.07) is 2.69. The number of aromatic nitrogens is 1. The fourth-order valence-corrected chi connectivity index (χ4v) is 4.82. The minimum Gasteiger partial charge on any atom is -0.379 e. The maximum Gasteiger partial charge on any atom is 0.149 e. The molecule has 118 valence electrons. The van der Waals surface area contributed by atoms with Crippen molar-refractivity contribution in [3.05, 3.63) is 28.0 Å². The Hall–Kier alpha value is -0.780. The molecular formula is C17H21BrN2O2. The third-order valence-corrected chi connectivity index (χ3v) is 6.08. The van der Waals surface area contributed by atoms with Crippen molar-refractivity contribution in [2.45, 2.75) is 43.6 Å². The molecule has 4 rings (SSSR count). The van der Waals surface area contributed by atoms with Crippen molar-refractivity contribution in [2.24, 2.45) is 0 Å². The largest absolute Gasteiger partial charge is 0.379 e. The van der Waals surface area contributed by atoms with Gasteiger partial charge in [0.1, 0.15) is 5.78 Å². The monoisotopic (exact) mass is 364 g/mol. The molecule has 2 aliphatic carbocycles. The van der Waals surface area contributed by atoms with Gasteiger partial charge in [0.15, 0.2) is 0 Å². The number of carbonyl (C=O) groups excluding carboxylic acids is 1. The van der Waals surface area contributed by atoms with Gasteiger partial charge in [0, 0.05) is 36.2 Å². The van der Waals surface area contributed by atoms with Crippen molar-refractivity contribution in [1.82, 2.24) is 9.88 Å².